The van der Waals surface area contributed by atoms with Crippen LogP contribution < -0.4 is 10.1 Å². The molecule has 2 aromatic rings. The van der Waals surface area contributed by atoms with E-state index in [1.54, 1.807) is 11.3 Å². The number of benzene rings is 1. The van der Waals surface area contributed by atoms with Gasteiger partial charge in [0, 0.05) is 11.9 Å². The standard InChI is InChI=1S/C15H20N2OS/c1-3-12-6-5-7-14(8-12)18-10-13-11-19-15(17-13)9-16-4-2/h5-8,11,16H,3-4,9-10H2,1-2H3. The molecule has 19 heavy (non-hydrogen) atoms. The molecule has 0 bridgehead atoms. The first-order chi connectivity index (χ1) is 9.31. The maximum atomic E-state index is 5.78. The van der Waals surface area contributed by atoms with Crippen LogP contribution in [0.1, 0.15) is 30.1 Å². The van der Waals surface area contributed by atoms with E-state index in [-0.39, 0.29) is 0 Å². The summed E-state index contributed by atoms with van der Waals surface area (Å²) in [6, 6.07) is 8.23. The van der Waals surface area contributed by atoms with E-state index in [4.69, 9.17) is 4.74 Å². The van der Waals surface area contributed by atoms with Gasteiger partial charge in [-0.25, -0.2) is 4.98 Å². The molecule has 102 valence electrons. The lowest BCUT2D eigenvalue weighted by Gasteiger charge is -2.05. The Morgan fingerprint density at radius 3 is 3.00 bits per heavy atom. The van der Waals surface area contributed by atoms with Gasteiger partial charge in [-0.15, -0.1) is 11.3 Å². The van der Waals surface area contributed by atoms with Crippen molar-refractivity contribution < 1.29 is 4.74 Å². The minimum atomic E-state index is 0.537. The molecular formula is C15H20N2OS. The molecule has 1 aromatic carbocycles. The molecule has 0 aliphatic rings. The van der Waals surface area contributed by atoms with Gasteiger partial charge in [0.2, 0.25) is 0 Å². The number of aromatic nitrogens is 1. The van der Waals surface area contributed by atoms with Crippen molar-refractivity contribution in [3.8, 4) is 5.75 Å². The number of hydrogen-bond donors (Lipinski definition) is 1. The van der Waals surface area contributed by atoms with Gasteiger partial charge in [0.25, 0.3) is 0 Å². The van der Waals surface area contributed by atoms with E-state index >= 15 is 0 Å². The zero-order valence-corrected chi connectivity index (χ0v) is 12.3. The molecule has 2 rings (SSSR count). The third-order valence-electron chi connectivity index (χ3n) is 2.82. The predicted octanol–water partition coefficient (Wildman–Crippen LogP) is 3.39. The molecule has 0 atom stereocenters. The molecule has 0 saturated carbocycles. The Kier molecular flexibility index (Phi) is 5.36. The van der Waals surface area contributed by atoms with E-state index in [1.165, 1.54) is 5.56 Å². The molecule has 1 N–H and O–H groups in total. The first-order valence-electron chi connectivity index (χ1n) is 6.67. The Bertz CT molecular complexity index is 510. The van der Waals surface area contributed by atoms with E-state index in [2.05, 4.69) is 41.7 Å². The third kappa shape index (κ3) is 4.33. The number of aryl methyl sites for hydroxylation is 1. The van der Waals surface area contributed by atoms with E-state index in [1.807, 2.05) is 12.1 Å². The van der Waals surface area contributed by atoms with Crippen molar-refractivity contribution in [3.05, 3.63) is 45.9 Å². The Morgan fingerprint density at radius 1 is 1.32 bits per heavy atom. The average Bonchev–Trinajstić information content (AvgIpc) is 2.91. The van der Waals surface area contributed by atoms with Crippen LogP contribution in [-0.2, 0) is 19.6 Å². The zero-order chi connectivity index (χ0) is 13.5. The largest absolute Gasteiger partial charge is 0.487 e. The highest BCUT2D eigenvalue weighted by atomic mass is 32.1. The summed E-state index contributed by atoms with van der Waals surface area (Å²) in [5.74, 6) is 0.917. The first kappa shape index (κ1) is 14.0. The summed E-state index contributed by atoms with van der Waals surface area (Å²) in [6.45, 7) is 6.59. The Hall–Kier alpha value is -1.39. The third-order valence-corrected chi connectivity index (χ3v) is 3.72. The molecule has 0 fully saturated rings. The van der Waals surface area contributed by atoms with E-state index in [9.17, 15) is 0 Å². The summed E-state index contributed by atoms with van der Waals surface area (Å²) in [6.07, 6.45) is 1.03. The average molecular weight is 276 g/mol. The van der Waals surface area contributed by atoms with Crippen LogP contribution >= 0.6 is 11.3 Å². The van der Waals surface area contributed by atoms with Gasteiger partial charge in [-0.3, -0.25) is 0 Å². The quantitative estimate of drug-likeness (QED) is 0.841. The fraction of sp³-hybridized carbons (Fsp3) is 0.400. The maximum absolute atomic E-state index is 5.78. The lowest BCUT2D eigenvalue weighted by molar-refractivity contribution is 0.301. The second-order valence-electron chi connectivity index (χ2n) is 4.30. The van der Waals surface area contributed by atoms with Crippen LogP contribution in [0.5, 0.6) is 5.75 Å². The van der Waals surface area contributed by atoms with Crippen molar-refractivity contribution in [1.82, 2.24) is 10.3 Å². The monoisotopic (exact) mass is 276 g/mol. The molecule has 0 radical (unpaired) electrons. The summed E-state index contributed by atoms with van der Waals surface area (Å²) in [7, 11) is 0. The normalized spacial score (nSPS) is 10.6. The summed E-state index contributed by atoms with van der Waals surface area (Å²) in [5.41, 5.74) is 2.29. The second kappa shape index (κ2) is 7.26. The predicted molar refractivity (Wildman–Crippen MR) is 79.6 cm³/mol. The first-order valence-corrected chi connectivity index (χ1v) is 7.55. The number of thiazole rings is 1. The van der Waals surface area contributed by atoms with Crippen molar-refractivity contribution >= 4 is 11.3 Å². The van der Waals surface area contributed by atoms with Crippen molar-refractivity contribution in [2.45, 2.75) is 33.4 Å². The molecule has 0 saturated heterocycles. The number of nitrogens with zero attached hydrogens (tertiary/aromatic N) is 1. The van der Waals surface area contributed by atoms with Crippen molar-refractivity contribution in [3.63, 3.8) is 0 Å². The Morgan fingerprint density at radius 2 is 2.21 bits per heavy atom. The number of nitrogens with one attached hydrogen (secondary N) is 1. The molecule has 1 heterocycles. The van der Waals surface area contributed by atoms with Gasteiger partial charge in [-0.05, 0) is 30.7 Å². The summed E-state index contributed by atoms with van der Waals surface area (Å²) in [5, 5.41) is 6.45. The van der Waals surface area contributed by atoms with Crippen LogP contribution in [0.4, 0.5) is 0 Å². The lowest BCUT2D eigenvalue weighted by atomic mass is 10.2. The van der Waals surface area contributed by atoms with Crippen LogP contribution in [0.15, 0.2) is 29.6 Å². The van der Waals surface area contributed by atoms with Crippen molar-refractivity contribution in [1.29, 1.82) is 0 Å². The Labute approximate surface area is 118 Å². The van der Waals surface area contributed by atoms with Gasteiger partial charge in [-0.2, -0.15) is 0 Å². The highest BCUT2D eigenvalue weighted by Crippen LogP contribution is 2.16. The molecule has 3 nitrogen and oxygen atoms in total. The fourth-order valence-corrected chi connectivity index (χ4v) is 2.49. The molecule has 0 aliphatic carbocycles. The molecule has 0 unspecified atom stereocenters. The van der Waals surface area contributed by atoms with Gasteiger partial charge in [0.15, 0.2) is 0 Å². The molecule has 0 amide bonds. The number of ether oxygens (including phenoxy) is 1. The number of rotatable bonds is 7. The Balaban J connectivity index is 1.89. The lowest BCUT2D eigenvalue weighted by Crippen LogP contribution is -2.11. The van der Waals surface area contributed by atoms with Gasteiger partial charge < -0.3 is 10.1 Å². The van der Waals surface area contributed by atoms with Crippen LogP contribution in [0.3, 0.4) is 0 Å². The minimum Gasteiger partial charge on any atom is -0.487 e. The van der Waals surface area contributed by atoms with Crippen LogP contribution in [0.2, 0.25) is 0 Å². The topological polar surface area (TPSA) is 34.2 Å². The molecule has 1 aromatic heterocycles. The van der Waals surface area contributed by atoms with Crippen molar-refractivity contribution in [2.75, 3.05) is 6.54 Å². The number of hydrogen-bond acceptors (Lipinski definition) is 4. The van der Waals surface area contributed by atoms with E-state index in [0.29, 0.717) is 6.61 Å². The van der Waals surface area contributed by atoms with Crippen LogP contribution in [0.25, 0.3) is 0 Å². The molecule has 0 spiro atoms. The molecule has 4 heteroatoms. The SMILES string of the molecule is CCNCc1nc(COc2cccc(CC)c2)cs1. The molecule has 0 aliphatic heterocycles. The highest BCUT2D eigenvalue weighted by Gasteiger charge is 2.03. The van der Waals surface area contributed by atoms with Gasteiger partial charge in [0.1, 0.15) is 17.4 Å². The second-order valence-corrected chi connectivity index (χ2v) is 5.25. The van der Waals surface area contributed by atoms with Crippen molar-refractivity contribution in [2.24, 2.45) is 0 Å². The van der Waals surface area contributed by atoms with Crippen LogP contribution in [-0.4, -0.2) is 11.5 Å². The zero-order valence-electron chi connectivity index (χ0n) is 11.5. The summed E-state index contributed by atoms with van der Waals surface area (Å²) >= 11 is 1.68. The van der Waals surface area contributed by atoms with Gasteiger partial charge in [-0.1, -0.05) is 26.0 Å². The van der Waals surface area contributed by atoms with Gasteiger partial charge in [0.05, 0.1) is 5.69 Å². The van der Waals surface area contributed by atoms with Crippen LogP contribution in [0, 0.1) is 0 Å². The molecular weight excluding hydrogens is 256 g/mol. The summed E-state index contributed by atoms with van der Waals surface area (Å²) in [4.78, 5) is 4.54. The fourth-order valence-electron chi connectivity index (χ4n) is 1.74. The van der Waals surface area contributed by atoms with E-state index < -0.39 is 0 Å². The summed E-state index contributed by atoms with van der Waals surface area (Å²) < 4.78 is 5.78. The minimum absolute atomic E-state index is 0.537. The maximum Gasteiger partial charge on any atom is 0.131 e. The smallest absolute Gasteiger partial charge is 0.131 e. The van der Waals surface area contributed by atoms with E-state index in [0.717, 1.165) is 36.0 Å². The van der Waals surface area contributed by atoms with Gasteiger partial charge >= 0.3 is 0 Å². The highest BCUT2D eigenvalue weighted by molar-refractivity contribution is 7.09.